The normalized spacial score (nSPS) is 13.8. The molecule has 2 atom stereocenters. The molecule has 1 aromatic heterocycles. The van der Waals surface area contributed by atoms with E-state index in [-0.39, 0.29) is 23.7 Å². The number of benzene rings is 1. The first-order valence-electron chi connectivity index (χ1n) is 6.62. The molecule has 20 heavy (non-hydrogen) atoms. The van der Waals surface area contributed by atoms with Crippen molar-refractivity contribution in [3.63, 3.8) is 0 Å². The van der Waals surface area contributed by atoms with Crippen molar-refractivity contribution in [3.8, 4) is 5.75 Å². The highest BCUT2D eigenvalue weighted by Gasteiger charge is 2.13. The topological polar surface area (TPSA) is 34.1 Å². The molecule has 3 nitrogen and oxygen atoms in total. The van der Waals surface area contributed by atoms with Crippen molar-refractivity contribution in [2.45, 2.75) is 25.9 Å². The Morgan fingerprint density at radius 3 is 2.60 bits per heavy atom. The number of ether oxygens (including phenoxy) is 1. The quantitative estimate of drug-likeness (QED) is 0.903. The molecular formula is C16H19FN2O. The van der Waals surface area contributed by atoms with E-state index in [2.05, 4.69) is 17.2 Å². The molecule has 0 aliphatic carbocycles. The summed E-state index contributed by atoms with van der Waals surface area (Å²) in [5.74, 6) is -0.0807. The van der Waals surface area contributed by atoms with Gasteiger partial charge in [-0.3, -0.25) is 4.98 Å². The molecule has 4 heteroatoms. The molecule has 1 aromatic carbocycles. The predicted octanol–water partition coefficient (Wildman–Crippen LogP) is 3.64. The number of hydrogen-bond donors (Lipinski definition) is 1. The van der Waals surface area contributed by atoms with Crippen LogP contribution in [0.5, 0.6) is 5.75 Å². The molecule has 0 fully saturated rings. The van der Waals surface area contributed by atoms with Gasteiger partial charge < -0.3 is 10.1 Å². The summed E-state index contributed by atoms with van der Waals surface area (Å²) in [5.41, 5.74) is 1.96. The Balaban J connectivity index is 2.10. The Kier molecular flexibility index (Phi) is 4.69. The van der Waals surface area contributed by atoms with Gasteiger partial charge >= 0.3 is 0 Å². The van der Waals surface area contributed by atoms with Gasteiger partial charge in [0.25, 0.3) is 0 Å². The maximum atomic E-state index is 13.4. The van der Waals surface area contributed by atoms with Gasteiger partial charge in [-0.1, -0.05) is 12.1 Å². The van der Waals surface area contributed by atoms with Crippen molar-refractivity contribution >= 4 is 0 Å². The minimum atomic E-state index is -0.346. The molecule has 2 aromatic rings. The van der Waals surface area contributed by atoms with Crippen LogP contribution in [0.2, 0.25) is 0 Å². The lowest BCUT2D eigenvalue weighted by molar-refractivity contribution is 0.384. The molecule has 0 bridgehead atoms. The van der Waals surface area contributed by atoms with Gasteiger partial charge in [-0.2, -0.15) is 0 Å². The van der Waals surface area contributed by atoms with E-state index in [9.17, 15) is 4.39 Å². The second-order valence-electron chi connectivity index (χ2n) is 4.76. The third-order valence-electron chi connectivity index (χ3n) is 3.31. The van der Waals surface area contributed by atoms with E-state index in [1.165, 1.54) is 13.2 Å². The smallest absolute Gasteiger partial charge is 0.165 e. The van der Waals surface area contributed by atoms with Crippen LogP contribution in [0.15, 0.2) is 42.6 Å². The van der Waals surface area contributed by atoms with Crippen LogP contribution in [0, 0.1) is 5.82 Å². The molecule has 0 spiro atoms. The number of aromatic nitrogens is 1. The van der Waals surface area contributed by atoms with Crippen molar-refractivity contribution < 1.29 is 9.13 Å². The fraction of sp³-hybridized carbons (Fsp3) is 0.312. The summed E-state index contributed by atoms with van der Waals surface area (Å²) in [6.45, 7) is 4.09. The zero-order valence-corrected chi connectivity index (χ0v) is 11.9. The van der Waals surface area contributed by atoms with Crippen LogP contribution in [0.25, 0.3) is 0 Å². The molecule has 0 radical (unpaired) electrons. The molecule has 2 rings (SSSR count). The van der Waals surface area contributed by atoms with E-state index < -0.39 is 0 Å². The monoisotopic (exact) mass is 274 g/mol. The summed E-state index contributed by atoms with van der Waals surface area (Å²) >= 11 is 0. The summed E-state index contributed by atoms with van der Waals surface area (Å²) in [4.78, 5) is 4.33. The highest BCUT2D eigenvalue weighted by molar-refractivity contribution is 5.32. The van der Waals surface area contributed by atoms with Crippen molar-refractivity contribution in [2.24, 2.45) is 0 Å². The second-order valence-corrected chi connectivity index (χ2v) is 4.76. The number of halogens is 1. The first-order chi connectivity index (χ1) is 9.61. The fourth-order valence-corrected chi connectivity index (χ4v) is 2.13. The van der Waals surface area contributed by atoms with E-state index in [1.807, 2.05) is 25.1 Å². The van der Waals surface area contributed by atoms with Crippen LogP contribution in [0.3, 0.4) is 0 Å². The van der Waals surface area contributed by atoms with Crippen LogP contribution in [0.1, 0.15) is 37.2 Å². The van der Waals surface area contributed by atoms with E-state index in [0.29, 0.717) is 0 Å². The molecule has 1 N–H and O–H groups in total. The van der Waals surface area contributed by atoms with E-state index in [1.54, 1.807) is 18.3 Å². The summed E-state index contributed by atoms with van der Waals surface area (Å²) < 4.78 is 18.4. The predicted molar refractivity (Wildman–Crippen MR) is 77.2 cm³/mol. The average Bonchev–Trinajstić information content (AvgIpc) is 2.48. The third kappa shape index (κ3) is 3.33. The highest BCUT2D eigenvalue weighted by atomic mass is 19.1. The van der Waals surface area contributed by atoms with E-state index in [0.717, 1.165) is 11.3 Å². The average molecular weight is 274 g/mol. The molecule has 0 amide bonds. The maximum Gasteiger partial charge on any atom is 0.165 e. The molecule has 1 heterocycles. The number of rotatable bonds is 5. The van der Waals surface area contributed by atoms with Crippen LogP contribution in [-0.4, -0.2) is 12.1 Å². The number of hydrogen-bond acceptors (Lipinski definition) is 3. The van der Waals surface area contributed by atoms with Gasteiger partial charge in [0, 0.05) is 18.3 Å². The highest BCUT2D eigenvalue weighted by Crippen LogP contribution is 2.24. The van der Waals surface area contributed by atoms with Crippen LogP contribution in [0.4, 0.5) is 4.39 Å². The number of nitrogens with zero attached hydrogens (tertiary/aromatic N) is 1. The van der Waals surface area contributed by atoms with Crippen molar-refractivity contribution in [3.05, 3.63) is 59.7 Å². The van der Waals surface area contributed by atoms with Gasteiger partial charge in [-0.15, -0.1) is 0 Å². The fourth-order valence-electron chi connectivity index (χ4n) is 2.13. The standard InChI is InChI=1S/C16H19FN2O/c1-11(13-7-8-14(17)16(10-13)20-3)19-12(2)15-6-4-5-9-18-15/h4-12,19H,1-3H3. The van der Waals surface area contributed by atoms with E-state index >= 15 is 0 Å². The Hall–Kier alpha value is -1.94. The van der Waals surface area contributed by atoms with Gasteiger partial charge in [0.1, 0.15) is 0 Å². The van der Waals surface area contributed by atoms with Gasteiger partial charge in [-0.25, -0.2) is 4.39 Å². The lowest BCUT2D eigenvalue weighted by Crippen LogP contribution is -2.23. The maximum absolute atomic E-state index is 13.4. The molecule has 0 saturated carbocycles. The Bertz CT molecular complexity index is 560. The third-order valence-corrected chi connectivity index (χ3v) is 3.31. The Morgan fingerprint density at radius 2 is 1.95 bits per heavy atom. The van der Waals surface area contributed by atoms with Gasteiger partial charge in [0.05, 0.1) is 12.8 Å². The Labute approximate surface area is 118 Å². The van der Waals surface area contributed by atoms with Crippen LogP contribution in [-0.2, 0) is 0 Å². The largest absolute Gasteiger partial charge is 0.494 e. The van der Waals surface area contributed by atoms with Gasteiger partial charge in [-0.05, 0) is 43.7 Å². The van der Waals surface area contributed by atoms with Gasteiger partial charge in [0.2, 0.25) is 0 Å². The zero-order chi connectivity index (χ0) is 14.5. The van der Waals surface area contributed by atoms with Crippen molar-refractivity contribution in [1.82, 2.24) is 10.3 Å². The molecule has 0 saturated heterocycles. The summed E-state index contributed by atoms with van der Waals surface area (Å²) in [6.07, 6.45) is 1.78. The SMILES string of the molecule is COc1cc(C(C)NC(C)c2ccccn2)ccc1F. The second kappa shape index (κ2) is 6.48. The summed E-state index contributed by atoms with van der Waals surface area (Å²) in [6, 6.07) is 10.9. The minimum absolute atomic E-state index is 0.0708. The van der Waals surface area contributed by atoms with Crippen LogP contribution >= 0.6 is 0 Å². The zero-order valence-electron chi connectivity index (χ0n) is 11.9. The number of nitrogens with one attached hydrogen (secondary N) is 1. The molecule has 0 aliphatic heterocycles. The summed E-state index contributed by atoms with van der Waals surface area (Å²) in [7, 11) is 1.47. The Morgan fingerprint density at radius 1 is 1.15 bits per heavy atom. The molecule has 0 aliphatic rings. The van der Waals surface area contributed by atoms with Crippen molar-refractivity contribution in [2.75, 3.05) is 7.11 Å². The van der Waals surface area contributed by atoms with Gasteiger partial charge in [0.15, 0.2) is 11.6 Å². The summed E-state index contributed by atoms with van der Waals surface area (Å²) in [5, 5.41) is 3.44. The molecule has 106 valence electrons. The number of pyridine rings is 1. The van der Waals surface area contributed by atoms with E-state index in [4.69, 9.17) is 4.74 Å². The molecular weight excluding hydrogens is 255 g/mol. The first kappa shape index (κ1) is 14.5. The van der Waals surface area contributed by atoms with Crippen LogP contribution < -0.4 is 10.1 Å². The van der Waals surface area contributed by atoms with Crippen molar-refractivity contribution in [1.29, 1.82) is 0 Å². The first-order valence-corrected chi connectivity index (χ1v) is 6.62. The lowest BCUT2D eigenvalue weighted by atomic mass is 10.1. The lowest BCUT2D eigenvalue weighted by Gasteiger charge is -2.20. The molecule has 2 unspecified atom stereocenters. The number of methoxy groups -OCH3 is 1. The minimum Gasteiger partial charge on any atom is -0.494 e.